The Morgan fingerprint density at radius 3 is 2.29 bits per heavy atom. The van der Waals surface area contributed by atoms with E-state index in [1.165, 1.54) is 12.1 Å². The van der Waals surface area contributed by atoms with Gasteiger partial charge in [-0.05, 0) is 35.9 Å². The number of halogens is 1. The van der Waals surface area contributed by atoms with Crippen molar-refractivity contribution >= 4 is 17.1 Å². The minimum Gasteiger partial charge on any atom is -0.397 e. The molecule has 3 nitrogen and oxygen atoms in total. The molecule has 0 unspecified atom stereocenters. The fraction of sp³-hybridized carbons (Fsp3) is 0.0769. The van der Waals surface area contributed by atoms with E-state index in [0.717, 1.165) is 11.3 Å². The summed E-state index contributed by atoms with van der Waals surface area (Å²) in [6.07, 6.45) is 0. The van der Waals surface area contributed by atoms with Crippen molar-refractivity contribution in [3.8, 4) is 0 Å². The molecule has 0 bridgehead atoms. The predicted molar refractivity (Wildman–Crippen MR) is 69.0 cm³/mol. The Labute approximate surface area is 99.2 Å². The normalized spacial score (nSPS) is 10.2. The molecule has 0 atom stereocenters. The fourth-order valence-corrected chi connectivity index (χ4v) is 1.49. The highest BCUT2D eigenvalue weighted by atomic mass is 19.1. The molecule has 0 aromatic heterocycles. The van der Waals surface area contributed by atoms with Gasteiger partial charge in [-0.2, -0.15) is 0 Å². The number of hydrogen-bond donors (Lipinski definition) is 3. The second kappa shape index (κ2) is 4.74. The van der Waals surface area contributed by atoms with Gasteiger partial charge in [-0.3, -0.25) is 0 Å². The van der Waals surface area contributed by atoms with Crippen LogP contribution >= 0.6 is 0 Å². The first-order chi connectivity index (χ1) is 8.15. The molecule has 0 radical (unpaired) electrons. The minimum atomic E-state index is -0.231. The molecule has 0 fully saturated rings. The van der Waals surface area contributed by atoms with Gasteiger partial charge in [0.15, 0.2) is 0 Å². The lowest BCUT2D eigenvalue weighted by molar-refractivity contribution is 0.627. The summed E-state index contributed by atoms with van der Waals surface area (Å²) in [7, 11) is 0. The van der Waals surface area contributed by atoms with Crippen molar-refractivity contribution in [3.63, 3.8) is 0 Å². The van der Waals surface area contributed by atoms with Crippen LogP contribution in [0.1, 0.15) is 5.56 Å². The molecule has 88 valence electrons. The zero-order valence-electron chi connectivity index (χ0n) is 9.28. The van der Waals surface area contributed by atoms with E-state index in [0.29, 0.717) is 17.9 Å². The molecule has 17 heavy (non-hydrogen) atoms. The van der Waals surface area contributed by atoms with Gasteiger partial charge >= 0.3 is 0 Å². The summed E-state index contributed by atoms with van der Waals surface area (Å²) >= 11 is 0. The molecule has 0 amide bonds. The first kappa shape index (κ1) is 11.3. The molecule has 0 aliphatic heterocycles. The van der Waals surface area contributed by atoms with Crippen molar-refractivity contribution in [3.05, 3.63) is 53.8 Å². The zero-order valence-corrected chi connectivity index (χ0v) is 9.28. The summed E-state index contributed by atoms with van der Waals surface area (Å²) < 4.78 is 12.7. The molecular formula is C13H14FN3. The van der Waals surface area contributed by atoms with Crippen molar-refractivity contribution in [2.45, 2.75) is 6.54 Å². The number of nitrogens with two attached hydrogens (primary N) is 2. The quantitative estimate of drug-likeness (QED) is 0.711. The van der Waals surface area contributed by atoms with Gasteiger partial charge < -0.3 is 16.8 Å². The van der Waals surface area contributed by atoms with Crippen molar-refractivity contribution in [2.75, 3.05) is 16.8 Å². The van der Waals surface area contributed by atoms with Crippen LogP contribution in [0, 0.1) is 5.82 Å². The lowest BCUT2D eigenvalue weighted by Crippen LogP contribution is -2.01. The second-order valence-electron chi connectivity index (χ2n) is 3.82. The number of anilines is 3. The van der Waals surface area contributed by atoms with Crippen molar-refractivity contribution in [2.24, 2.45) is 0 Å². The van der Waals surface area contributed by atoms with Crippen LogP contribution in [0.25, 0.3) is 0 Å². The largest absolute Gasteiger partial charge is 0.397 e. The van der Waals surface area contributed by atoms with E-state index in [-0.39, 0.29) is 5.82 Å². The van der Waals surface area contributed by atoms with E-state index in [1.807, 2.05) is 6.07 Å². The molecular weight excluding hydrogens is 217 g/mol. The summed E-state index contributed by atoms with van der Waals surface area (Å²) in [5, 5.41) is 3.19. The van der Waals surface area contributed by atoms with Gasteiger partial charge in [-0.1, -0.05) is 12.1 Å². The summed E-state index contributed by atoms with van der Waals surface area (Å²) in [4.78, 5) is 0. The van der Waals surface area contributed by atoms with E-state index < -0.39 is 0 Å². The lowest BCUT2D eigenvalue weighted by atomic mass is 10.2. The van der Waals surface area contributed by atoms with Crippen LogP contribution < -0.4 is 16.8 Å². The molecule has 0 saturated carbocycles. The molecule has 0 spiro atoms. The maximum absolute atomic E-state index is 12.7. The number of hydrogen-bond acceptors (Lipinski definition) is 3. The maximum Gasteiger partial charge on any atom is 0.123 e. The third-order valence-electron chi connectivity index (χ3n) is 2.50. The Balaban J connectivity index is 2.02. The van der Waals surface area contributed by atoms with Crippen LogP contribution in [0.4, 0.5) is 21.5 Å². The lowest BCUT2D eigenvalue weighted by Gasteiger charge is -2.08. The van der Waals surface area contributed by atoms with Crippen LogP contribution in [-0.2, 0) is 6.54 Å². The first-order valence-electron chi connectivity index (χ1n) is 5.28. The Hall–Kier alpha value is -2.23. The Morgan fingerprint density at radius 2 is 1.65 bits per heavy atom. The SMILES string of the molecule is Nc1ccc(NCc2ccc(F)cc2)cc1N. The molecule has 0 heterocycles. The molecule has 0 aliphatic carbocycles. The number of nitrogen functional groups attached to an aromatic ring is 2. The van der Waals surface area contributed by atoms with E-state index in [4.69, 9.17) is 11.5 Å². The molecule has 0 aliphatic rings. The van der Waals surface area contributed by atoms with Gasteiger partial charge in [0.25, 0.3) is 0 Å². The van der Waals surface area contributed by atoms with Crippen molar-refractivity contribution < 1.29 is 4.39 Å². The average molecular weight is 231 g/mol. The van der Waals surface area contributed by atoms with Gasteiger partial charge in [-0.25, -0.2) is 4.39 Å². The smallest absolute Gasteiger partial charge is 0.123 e. The predicted octanol–water partition coefficient (Wildman–Crippen LogP) is 2.60. The Kier molecular flexibility index (Phi) is 3.14. The highest BCUT2D eigenvalue weighted by molar-refractivity contribution is 5.69. The molecule has 5 N–H and O–H groups in total. The molecule has 2 rings (SSSR count). The van der Waals surface area contributed by atoms with Gasteiger partial charge in [0, 0.05) is 12.2 Å². The van der Waals surface area contributed by atoms with Crippen molar-refractivity contribution in [1.29, 1.82) is 0 Å². The average Bonchev–Trinajstić information content (AvgIpc) is 2.33. The van der Waals surface area contributed by atoms with E-state index in [9.17, 15) is 4.39 Å². The summed E-state index contributed by atoms with van der Waals surface area (Å²) in [5.41, 5.74) is 14.3. The van der Waals surface area contributed by atoms with Crippen LogP contribution in [0.2, 0.25) is 0 Å². The van der Waals surface area contributed by atoms with E-state index >= 15 is 0 Å². The highest BCUT2D eigenvalue weighted by Crippen LogP contribution is 2.20. The third kappa shape index (κ3) is 2.87. The topological polar surface area (TPSA) is 64.1 Å². The molecule has 4 heteroatoms. The van der Waals surface area contributed by atoms with Gasteiger partial charge in [0.1, 0.15) is 5.82 Å². The van der Waals surface area contributed by atoms with Crippen LogP contribution in [-0.4, -0.2) is 0 Å². The second-order valence-corrected chi connectivity index (χ2v) is 3.82. The van der Waals surface area contributed by atoms with Crippen molar-refractivity contribution in [1.82, 2.24) is 0 Å². The number of nitrogens with one attached hydrogen (secondary N) is 1. The molecule has 0 saturated heterocycles. The van der Waals surface area contributed by atoms with E-state index in [1.54, 1.807) is 24.3 Å². The molecule has 2 aromatic rings. The summed E-state index contributed by atoms with van der Waals surface area (Å²) in [6, 6.07) is 11.7. The highest BCUT2D eigenvalue weighted by Gasteiger charge is 1.98. The van der Waals surface area contributed by atoms with Gasteiger partial charge in [0.05, 0.1) is 11.4 Å². The Morgan fingerprint density at radius 1 is 0.941 bits per heavy atom. The van der Waals surface area contributed by atoms with Crippen LogP contribution in [0.15, 0.2) is 42.5 Å². The Bertz CT molecular complexity index is 509. The van der Waals surface area contributed by atoms with Gasteiger partial charge in [0.2, 0.25) is 0 Å². The summed E-state index contributed by atoms with van der Waals surface area (Å²) in [6.45, 7) is 0.615. The monoisotopic (exact) mass is 231 g/mol. The number of rotatable bonds is 3. The third-order valence-corrected chi connectivity index (χ3v) is 2.50. The summed E-state index contributed by atoms with van der Waals surface area (Å²) in [5.74, 6) is -0.231. The fourth-order valence-electron chi connectivity index (χ4n) is 1.49. The van der Waals surface area contributed by atoms with Gasteiger partial charge in [-0.15, -0.1) is 0 Å². The number of benzene rings is 2. The van der Waals surface area contributed by atoms with E-state index in [2.05, 4.69) is 5.32 Å². The molecule has 2 aromatic carbocycles. The standard InChI is InChI=1S/C13H14FN3/c14-10-3-1-9(2-4-10)8-17-11-5-6-12(15)13(16)7-11/h1-7,17H,8,15-16H2. The van der Waals surface area contributed by atoms with Crippen LogP contribution in [0.3, 0.4) is 0 Å². The zero-order chi connectivity index (χ0) is 12.3. The van der Waals surface area contributed by atoms with Crippen LogP contribution in [0.5, 0.6) is 0 Å². The first-order valence-corrected chi connectivity index (χ1v) is 5.28. The minimum absolute atomic E-state index is 0.231. The maximum atomic E-state index is 12.7.